The van der Waals surface area contributed by atoms with Crippen LogP contribution in [0, 0.1) is 5.92 Å². The van der Waals surface area contributed by atoms with Gasteiger partial charge in [0.1, 0.15) is 17.7 Å². The third-order valence-electron chi connectivity index (χ3n) is 6.89. The molecular weight excluding hydrogens is 454 g/mol. The fourth-order valence-corrected chi connectivity index (χ4v) is 5.20. The molecule has 1 aromatic heterocycles. The second-order valence-electron chi connectivity index (χ2n) is 9.20. The lowest BCUT2D eigenvalue weighted by molar-refractivity contribution is -0.137. The summed E-state index contributed by atoms with van der Waals surface area (Å²) >= 11 is 6.18. The monoisotopic (exact) mass is 483 g/mol. The van der Waals surface area contributed by atoms with E-state index in [-0.39, 0.29) is 24.0 Å². The van der Waals surface area contributed by atoms with E-state index in [0.29, 0.717) is 62.0 Å². The number of hydrogen-bond acceptors (Lipinski definition) is 5. The van der Waals surface area contributed by atoms with Crippen molar-refractivity contribution in [2.75, 3.05) is 55.6 Å². The Balaban J connectivity index is 1.16. The van der Waals surface area contributed by atoms with E-state index in [2.05, 4.69) is 9.88 Å². The first-order chi connectivity index (χ1) is 16.5. The Hall–Kier alpha value is -3.00. The number of hydrogen-bond donors (Lipinski definition) is 0. The fraction of sp³-hybridized carbons (Fsp3) is 0.480. The molecule has 3 aliphatic rings. The number of rotatable bonds is 2. The number of piperazine rings is 1. The summed E-state index contributed by atoms with van der Waals surface area (Å²) in [6, 6.07) is 11.2. The summed E-state index contributed by atoms with van der Waals surface area (Å²) in [5.41, 5.74) is 0.708. The van der Waals surface area contributed by atoms with Crippen LogP contribution in [0.1, 0.15) is 19.8 Å². The number of ether oxygens (including phenoxy) is 1. The third-order valence-corrected chi connectivity index (χ3v) is 7.12. The molecule has 3 aliphatic heterocycles. The Morgan fingerprint density at radius 1 is 1.00 bits per heavy atom. The number of fused-ring (bicyclic) bond motifs is 1. The highest BCUT2D eigenvalue weighted by Gasteiger charge is 2.35. The van der Waals surface area contributed by atoms with Crippen molar-refractivity contribution in [3.63, 3.8) is 0 Å². The van der Waals surface area contributed by atoms with Gasteiger partial charge in [-0.3, -0.25) is 9.69 Å². The number of urea groups is 1. The minimum absolute atomic E-state index is 0.0317. The normalized spacial score (nSPS) is 21.2. The molecule has 180 valence electrons. The molecule has 5 rings (SSSR count). The van der Waals surface area contributed by atoms with E-state index < -0.39 is 0 Å². The van der Waals surface area contributed by atoms with E-state index in [9.17, 15) is 9.59 Å². The van der Waals surface area contributed by atoms with Crippen molar-refractivity contribution in [3.8, 4) is 5.75 Å². The first-order valence-corrected chi connectivity index (χ1v) is 12.3. The summed E-state index contributed by atoms with van der Waals surface area (Å²) in [5.74, 6) is 1.81. The average Bonchev–Trinajstić information content (AvgIpc) is 2.88. The number of amides is 3. The first-order valence-electron chi connectivity index (χ1n) is 12.0. The standard InChI is InChI=1S/C25H30ClN5O3/c1-18-17-31(21-16-20(26)5-6-22(21)34-18)25(33)30-10-7-19(8-11-30)24(32)29-14-12-28(13-15-29)23-4-2-3-9-27-23/h2-6,9,16,18-19H,7-8,10-15,17H2,1H3/t18-/m1/s1. The lowest BCUT2D eigenvalue weighted by Gasteiger charge is -2.41. The van der Waals surface area contributed by atoms with Crippen molar-refractivity contribution in [1.82, 2.24) is 14.8 Å². The third kappa shape index (κ3) is 4.64. The number of aromatic nitrogens is 1. The van der Waals surface area contributed by atoms with Gasteiger partial charge in [-0.15, -0.1) is 0 Å². The zero-order valence-electron chi connectivity index (χ0n) is 19.4. The number of pyridine rings is 1. The van der Waals surface area contributed by atoms with Crippen LogP contribution in [0.4, 0.5) is 16.3 Å². The molecule has 3 amide bonds. The summed E-state index contributed by atoms with van der Waals surface area (Å²) in [7, 11) is 0. The molecule has 0 bridgehead atoms. The molecule has 0 saturated carbocycles. The van der Waals surface area contributed by atoms with E-state index in [1.54, 1.807) is 23.2 Å². The van der Waals surface area contributed by atoms with E-state index in [1.165, 1.54) is 0 Å². The fourth-order valence-electron chi connectivity index (χ4n) is 5.04. The molecule has 0 N–H and O–H groups in total. The zero-order chi connectivity index (χ0) is 23.7. The lowest BCUT2D eigenvalue weighted by Crippen LogP contribution is -2.54. The summed E-state index contributed by atoms with van der Waals surface area (Å²) < 4.78 is 5.88. The molecule has 0 radical (unpaired) electrons. The quantitative estimate of drug-likeness (QED) is 0.654. The van der Waals surface area contributed by atoms with Crippen LogP contribution in [-0.2, 0) is 4.79 Å². The van der Waals surface area contributed by atoms with Crippen LogP contribution in [-0.4, -0.2) is 78.6 Å². The number of likely N-dealkylation sites (tertiary alicyclic amines) is 1. The molecule has 9 heteroatoms. The SMILES string of the molecule is C[C@@H]1CN(C(=O)N2CCC(C(=O)N3CCN(c4ccccn4)CC3)CC2)c2cc(Cl)ccc2O1. The summed E-state index contributed by atoms with van der Waals surface area (Å²) in [4.78, 5) is 38.8. The Kier molecular flexibility index (Phi) is 6.50. The van der Waals surface area contributed by atoms with Crippen molar-refractivity contribution in [2.24, 2.45) is 5.92 Å². The van der Waals surface area contributed by atoms with E-state index in [0.717, 1.165) is 18.9 Å². The van der Waals surface area contributed by atoms with Gasteiger partial charge < -0.3 is 19.4 Å². The smallest absolute Gasteiger partial charge is 0.324 e. The van der Waals surface area contributed by atoms with Gasteiger partial charge in [0.05, 0.1) is 12.2 Å². The number of carbonyl (C=O) groups excluding carboxylic acids is 2. The minimum Gasteiger partial charge on any atom is -0.487 e. The van der Waals surface area contributed by atoms with Crippen molar-refractivity contribution in [3.05, 3.63) is 47.6 Å². The van der Waals surface area contributed by atoms with E-state index in [1.807, 2.05) is 41.0 Å². The molecule has 1 aromatic carbocycles. The highest BCUT2D eigenvalue weighted by atomic mass is 35.5. The molecule has 0 spiro atoms. The van der Waals surface area contributed by atoms with Gasteiger partial charge in [0.15, 0.2) is 0 Å². The van der Waals surface area contributed by atoms with Crippen LogP contribution < -0.4 is 14.5 Å². The average molecular weight is 484 g/mol. The van der Waals surface area contributed by atoms with Crippen LogP contribution in [0.5, 0.6) is 5.75 Å². The first kappa shape index (κ1) is 22.8. The summed E-state index contributed by atoms with van der Waals surface area (Å²) in [6.45, 7) is 6.57. The number of nitrogens with zero attached hydrogens (tertiary/aromatic N) is 5. The Morgan fingerprint density at radius 2 is 1.76 bits per heavy atom. The topological polar surface area (TPSA) is 69.2 Å². The molecular formula is C25H30ClN5O3. The maximum absolute atomic E-state index is 13.4. The molecule has 2 aromatic rings. The van der Waals surface area contributed by atoms with Gasteiger partial charge in [0.25, 0.3) is 0 Å². The largest absolute Gasteiger partial charge is 0.487 e. The minimum atomic E-state index is -0.0958. The van der Waals surface area contributed by atoms with Crippen LogP contribution in [0.3, 0.4) is 0 Å². The maximum Gasteiger partial charge on any atom is 0.324 e. The molecule has 4 heterocycles. The van der Waals surface area contributed by atoms with Gasteiger partial charge in [-0.1, -0.05) is 17.7 Å². The highest BCUT2D eigenvalue weighted by molar-refractivity contribution is 6.31. The van der Waals surface area contributed by atoms with Crippen LogP contribution in [0.15, 0.2) is 42.6 Å². The molecule has 1 atom stereocenters. The lowest BCUT2D eigenvalue weighted by atomic mass is 9.95. The van der Waals surface area contributed by atoms with Gasteiger partial charge in [0.2, 0.25) is 5.91 Å². The Bertz CT molecular complexity index is 1040. The predicted octanol–water partition coefficient (Wildman–Crippen LogP) is 3.50. The molecule has 8 nitrogen and oxygen atoms in total. The van der Waals surface area contributed by atoms with Gasteiger partial charge in [-0.25, -0.2) is 9.78 Å². The number of carbonyl (C=O) groups is 2. The van der Waals surface area contributed by atoms with E-state index >= 15 is 0 Å². The summed E-state index contributed by atoms with van der Waals surface area (Å²) in [5, 5.41) is 0.571. The Morgan fingerprint density at radius 3 is 2.47 bits per heavy atom. The highest BCUT2D eigenvalue weighted by Crippen LogP contribution is 2.36. The van der Waals surface area contributed by atoms with Crippen molar-refractivity contribution in [2.45, 2.75) is 25.9 Å². The predicted molar refractivity (Wildman–Crippen MR) is 132 cm³/mol. The number of piperidine rings is 1. The molecule has 2 fully saturated rings. The molecule has 2 saturated heterocycles. The molecule has 34 heavy (non-hydrogen) atoms. The molecule has 0 aliphatic carbocycles. The van der Waals surface area contributed by atoms with Gasteiger partial charge >= 0.3 is 6.03 Å². The summed E-state index contributed by atoms with van der Waals surface area (Å²) in [6.07, 6.45) is 3.08. The zero-order valence-corrected chi connectivity index (χ0v) is 20.2. The van der Waals surface area contributed by atoms with Crippen LogP contribution in [0.25, 0.3) is 0 Å². The van der Waals surface area contributed by atoms with Gasteiger partial charge in [0, 0.05) is 56.4 Å². The van der Waals surface area contributed by atoms with E-state index in [4.69, 9.17) is 16.3 Å². The molecule has 0 unspecified atom stereocenters. The van der Waals surface area contributed by atoms with Crippen LogP contribution >= 0.6 is 11.6 Å². The number of benzene rings is 1. The van der Waals surface area contributed by atoms with Crippen molar-refractivity contribution < 1.29 is 14.3 Å². The second-order valence-corrected chi connectivity index (χ2v) is 9.63. The van der Waals surface area contributed by atoms with Crippen LogP contribution in [0.2, 0.25) is 5.02 Å². The van der Waals surface area contributed by atoms with Crippen molar-refractivity contribution in [1.29, 1.82) is 0 Å². The number of anilines is 2. The van der Waals surface area contributed by atoms with Gasteiger partial charge in [-0.2, -0.15) is 0 Å². The number of halogens is 1. The second kappa shape index (κ2) is 9.70. The van der Waals surface area contributed by atoms with Gasteiger partial charge in [-0.05, 0) is 50.1 Å². The Labute approximate surface area is 205 Å². The maximum atomic E-state index is 13.4. The van der Waals surface area contributed by atoms with Crippen molar-refractivity contribution >= 4 is 35.0 Å².